The van der Waals surface area contributed by atoms with Crippen molar-refractivity contribution in [3.05, 3.63) is 35.4 Å². The molecule has 0 aromatic heterocycles. The summed E-state index contributed by atoms with van der Waals surface area (Å²) in [6.07, 6.45) is 9.77. The molecule has 1 fully saturated rings. The zero-order valence-electron chi connectivity index (χ0n) is 13.1. The molecule has 2 rings (SSSR count). The van der Waals surface area contributed by atoms with Crippen LogP contribution in [0.2, 0.25) is 0 Å². The fraction of sp³-hybridized carbons (Fsp3) is 0.556. The smallest absolute Gasteiger partial charge is 0.157 e. The van der Waals surface area contributed by atoms with Crippen molar-refractivity contribution in [3.8, 4) is 5.75 Å². The van der Waals surface area contributed by atoms with Crippen LogP contribution in [0.25, 0.3) is 6.08 Å². The topological polar surface area (TPSA) is 27.7 Å². The summed E-state index contributed by atoms with van der Waals surface area (Å²) in [5, 5.41) is 0. The number of ether oxygens (including phenoxy) is 3. The molecular weight excluding hydrogens is 264 g/mol. The summed E-state index contributed by atoms with van der Waals surface area (Å²) in [4.78, 5) is 0. The number of allylic oxidation sites excluding steroid dienone is 1. The molecule has 0 radical (unpaired) electrons. The molecule has 0 amide bonds. The van der Waals surface area contributed by atoms with E-state index in [0.717, 1.165) is 43.8 Å². The van der Waals surface area contributed by atoms with Crippen LogP contribution in [-0.4, -0.2) is 26.6 Å². The zero-order valence-corrected chi connectivity index (χ0v) is 13.1. The van der Waals surface area contributed by atoms with E-state index in [-0.39, 0.29) is 6.29 Å². The maximum absolute atomic E-state index is 5.72. The second-order valence-corrected chi connectivity index (χ2v) is 5.46. The normalized spacial score (nSPS) is 19.0. The van der Waals surface area contributed by atoms with E-state index >= 15 is 0 Å². The van der Waals surface area contributed by atoms with Crippen LogP contribution in [0, 0.1) is 6.92 Å². The highest BCUT2D eigenvalue weighted by Gasteiger charge is 2.12. The molecule has 1 atom stereocenters. The number of hydrogen-bond acceptors (Lipinski definition) is 3. The molecule has 0 aliphatic carbocycles. The molecule has 1 heterocycles. The van der Waals surface area contributed by atoms with E-state index in [1.165, 1.54) is 18.4 Å². The number of methoxy groups -OCH3 is 1. The van der Waals surface area contributed by atoms with Crippen LogP contribution in [0.4, 0.5) is 0 Å². The van der Waals surface area contributed by atoms with E-state index in [2.05, 4.69) is 37.3 Å². The van der Waals surface area contributed by atoms with E-state index < -0.39 is 0 Å². The van der Waals surface area contributed by atoms with Crippen molar-refractivity contribution < 1.29 is 14.2 Å². The van der Waals surface area contributed by atoms with Gasteiger partial charge in [0.25, 0.3) is 0 Å². The SMILES string of the molecule is COc1cc(C)ccc1C=CCCCOC1CCCCO1. The predicted octanol–water partition coefficient (Wildman–Crippen LogP) is 4.34. The van der Waals surface area contributed by atoms with Crippen molar-refractivity contribution in [2.24, 2.45) is 0 Å². The lowest BCUT2D eigenvalue weighted by Crippen LogP contribution is -2.22. The van der Waals surface area contributed by atoms with Gasteiger partial charge in [-0.1, -0.05) is 24.3 Å². The number of rotatable bonds is 7. The highest BCUT2D eigenvalue weighted by Crippen LogP contribution is 2.21. The van der Waals surface area contributed by atoms with Crippen LogP contribution in [0.5, 0.6) is 5.75 Å². The fourth-order valence-corrected chi connectivity index (χ4v) is 2.42. The monoisotopic (exact) mass is 290 g/mol. The highest BCUT2D eigenvalue weighted by atomic mass is 16.7. The summed E-state index contributed by atoms with van der Waals surface area (Å²) in [6.45, 7) is 3.68. The van der Waals surface area contributed by atoms with Gasteiger partial charge in [0.1, 0.15) is 5.75 Å². The van der Waals surface area contributed by atoms with Crippen molar-refractivity contribution in [2.75, 3.05) is 20.3 Å². The van der Waals surface area contributed by atoms with Crippen molar-refractivity contribution in [1.82, 2.24) is 0 Å². The molecule has 1 saturated heterocycles. The lowest BCUT2D eigenvalue weighted by atomic mass is 10.1. The first-order chi connectivity index (χ1) is 10.3. The minimum absolute atomic E-state index is 0.0277. The van der Waals surface area contributed by atoms with Crippen LogP contribution >= 0.6 is 0 Å². The molecule has 1 aliphatic heterocycles. The standard InChI is InChI=1S/C18H26O3/c1-15-10-11-16(17(14-15)19-2)8-4-3-6-12-20-18-9-5-7-13-21-18/h4,8,10-11,14,18H,3,5-7,9,12-13H2,1-2H3. The van der Waals surface area contributed by atoms with Crippen LogP contribution in [-0.2, 0) is 9.47 Å². The number of benzene rings is 1. The van der Waals surface area contributed by atoms with Gasteiger partial charge >= 0.3 is 0 Å². The first kappa shape index (κ1) is 16.1. The van der Waals surface area contributed by atoms with Gasteiger partial charge in [-0.25, -0.2) is 0 Å². The van der Waals surface area contributed by atoms with Gasteiger partial charge in [-0.15, -0.1) is 0 Å². The molecule has 0 spiro atoms. The summed E-state index contributed by atoms with van der Waals surface area (Å²) in [7, 11) is 1.71. The third-order valence-electron chi connectivity index (χ3n) is 3.64. The van der Waals surface area contributed by atoms with E-state index in [4.69, 9.17) is 14.2 Å². The molecule has 0 bridgehead atoms. The third kappa shape index (κ3) is 5.52. The molecular formula is C18H26O3. The lowest BCUT2D eigenvalue weighted by molar-refractivity contribution is -0.162. The van der Waals surface area contributed by atoms with E-state index in [0.29, 0.717) is 0 Å². The summed E-state index contributed by atoms with van der Waals surface area (Å²) in [5.74, 6) is 0.929. The Morgan fingerprint density at radius 1 is 1.33 bits per heavy atom. The van der Waals surface area contributed by atoms with Crippen LogP contribution in [0.1, 0.15) is 43.2 Å². The van der Waals surface area contributed by atoms with E-state index in [1.54, 1.807) is 7.11 Å². The van der Waals surface area contributed by atoms with Gasteiger partial charge in [0, 0.05) is 12.2 Å². The zero-order chi connectivity index (χ0) is 14.9. The molecule has 0 N–H and O–H groups in total. The van der Waals surface area contributed by atoms with Gasteiger partial charge in [-0.2, -0.15) is 0 Å². The van der Waals surface area contributed by atoms with Crippen LogP contribution < -0.4 is 4.74 Å². The molecule has 3 nitrogen and oxygen atoms in total. The number of aryl methyl sites for hydroxylation is 1. The van der Waals surface area contributed by atoms with Gasteiger partial charge < -0.3 is 14.2 Å². The molecule has 0 saturated carbocycles. The van der Waals surface area contributed by atoms with E-state index in [1.807, 2.05) is 0 Å². The Morgan fingerprint density at radius 3 is 3.00 bits per heavy atom. The van der Waals surface area contributed by atoms with Gasteiger partial charge in [0.05, 0.1) is 13.7 Å². The van der Waals surface area contributed by atoms with Crippen molar-refractivity contribution in [3.63, 3.8) is 0 Å². The highest BCUT2D eigenvalue weighted by molar-refractivity contribution is 5.58. The number of hydrogen-bond donors (Lipinski definition) is 0. The molecule has 1 aliphatic rings. The quantitative estimate of drug-likeness (QED) is 0.699. The van der Waals surface area contributed by atoms with Crippen molar-refractivity contribution in [2.45, 2.75) is 45.3 Å². The first-order valence-corrected chi connectivity index (χ1v) is 7.84. The molecule has 1 aromatic carbocycles. The summed E-state index contributed by atoms with van der Waals surface area (Å²) in [5.41, 5.74) is 2.34. The average molecular weight is 290 g/mol. The van der Waals surface area contributed by atoms with Gasteiger partial charge in [-0.05, 0) is 50.7 Å². The molecule has 1 aromatic rings. The van der Waals surface area contributed by atoms with Crippen LogP contribution in [0.3, 0.4) is 0 Å². The molecule has 3 heteroatoms. The molecule has 116 valence electrons. The summed E-state index contributed by atoms with van der Waals surface area (Å²) in [6, 6.07) is 6.26. The summed E-state index contributed by atoms with van der Waals surface area (Å²) < 4.78 is 16.6. The van der Waals surface area contributed by atoms with Crippen LogP contribution in [0.15, 0.2) is 24.3 Å². The third-order valence-corrected chi connectivity index (χ3v) is 3.64. The largest absolute Gasteiger partial charge is 0.496 e. The van der Waals surface area contributed by atoms with Gasteiger partial charge in [0.2, 0.25) is 0 Å². The first-order valence-electron chi connectivity index (χ1n) is 7.84. The predicted molar refractivity (Wildman–Crippen MR) is 85.5 cm³/mol. The Morgan fingerprint density at radius 2 is 2.24 bits per heavy atom. The lowest BCUT2D eigenvalue weighted by Gasteiger charge is -2.22. The Labute approximate surface area is 127 Å². The minimum Gasteiger partial charge on any atom is -0.496 e. The maximum Gasteiger partial charge on any atom is 0.157 e. The molecule has 1 unspecified atom stereocenters. The average Bonchev–Trinajstić information content (AvgIpc) is 2.52. The van der Waals surface area contributed by atoms with Crippen molar-refractivity contribution >= 4 is 6.08 Å². The second-order valence-electron chi connectivity index (χ2n) is 5.46. The second kappa shape index (κ2) is 8.85. The van der Waals surface area contributed by atoms with Gasteiger partial charge in [-0.3, -0.25) is 0 Å². The maximum atomic E-state index is 5.72. The Bertz CT molecular complexity index is 448. The van der Waals surface area contributed by atoms with E-state index in [9.17, 15) is 0 Å². The molecule has 21 heavy (non-hydrogen) atoms. The minimum atomic E-state index is 0.0277. The van der Waals surface area contributed by atoms with Gasteiger partial charge in [0.15, 0.2) is 6.29 Å². The Kier molecular flexibility index (Phi) is 6.77. The Balaban J connectivity index is 1.68. The Hall–Kier alpha value is -1.32. The number of unbranched alkanes of at least 4 members (excludes halogenated alkanes) is 1. The summed E-state index contributed by atoms with van der Waals surface area (Å²) >= 11 is 0. The van der Waals surface area contributed by atoms with Crippen molar-refractivity contribution in [1.29, 1.82) is 0 Å². The fourth-order valence-electron chi connectivity index (χ4n) is 2.42.